The summed E-state index contributed by atoms with van der Waals surface area (Å²) in [5.74, 6) is -0.572. The SMILES string of the molecule is CCOC(=O)C(C)N(Cc1ccccc1)C(=O)c1ccccc1I. The summed E-state index contributed by atoms with van der Waals surface area (Å²) in [5, 5.41) is 0. The second-order valence-corrected chi connectivity index (χ2v) is 6.49. The van der Waals surface area contributed by atoms with Crippen LogP contribution in [0.3, 0.4) is 0 Å². The Bertz CT molecular complexity index is 703. The highest BCUT2D eigenvalue weighted by Crippen LogP contribution is 2.18. The summed E-state index contributed by atoms with van der Waals surface area (Å²) in [5.41, 5.74) is 1.55. The van der Waals surface area contributed by atoms with Gasteiger partial charge in [-0.05, 0) is 54.1 Å². The molecular weight excluding hydrogens is 417 g/mol. The fraction of sp³-hybridized carbons (Fsp3) is 0.263. The molecule has 0 N–H and O–H groups in total. The monoisotopic (exact) mass is 437 g/mol. The van der Waals surface area contributed by atoms with Gasteiger partial charge in [-0.3, -0.25) is 4.79 Å². The quantitative estimate of drug-likeness (QED) is 0.509. The van der Waals surface area contributed by atoms with Crippen LogP contribution < -0.4 is 0 Å². The molecule has 0 aliphatic heterocycles. The number of halogens is 1. The van der Waals surface area contributed by atoms with Gasteiger partial charge in [0.05, 0.1) is 12.2 Å². The molecule has 1 unspecified atom stereocenters. The first-order chi connectivity index (χ1) is 11.5. The number of hydrogen-bond acceptors (Lipinski definition) is 3. The summed E-state index contributed by atoms with van der Waals surface area (Å²) in [7, 11) is 0. The number of benzene rings is 2. The molecule has 0 bridgehead atoms. The van der Waals surface area contributed by atoms with E-state index in [9.17, 15) is 9.59 Å². The second kappa shape index (κ2) is 8.82. The Labute approximate surface area is 156 Å². The summed E-state index contributed by atoms with van der Waals surface area (Å²) >= 11 is 2.13. The lowest BCUT2D eigenvalue weighted by Gasteiger charge is -2.28. The summed E-state index contributed by atoms with van der Waals surface area (Å²) in [6.45, 7) is 4.10. The van der Waals surface area contributed by atoms with Gasteiger partial charge in [-0.2, -0.15) is 0 Å². The Kier molecular flexibility index (Phi) is 6.78. The second-order valence-electron chi connectivity index (χ2n) is 5.33. The Morgan fingerprint density at radius 3 is 2.33 bits per heavy atom. The van der Waals surface area contributed by atoms with E-state index >= 15 is 0 Å². The van der Waals surface area contributed by atoms with E-state index in [-0.39, 0.29) is 5.91 Å². The lowest BCUT2D eigenvalue weighted by atomic mass is 10.1. The topological polar surface area (TPSA) is 46.6 Å². The highest BCUT2D eigenvalue weighted by atomic mass is 127. The van der Waals surface area contributed by atoms with Crippen molar-refractivity contribution in [2.24, 2.45) is 0 Å². The molecule has 0 aromatic heterocycles. The van der Waals surface area contributed by atoms with E-state index in [1.165, 1.54) is 0 Å². The van der Waals surface area contributed by atoms with Crippen LogP contribution in [0.5, 0.6) is 0 Å². The summed E-state index contributed by atoms with van der Waals surface area (Å²) < 4.78 is 5.96. The number of esters is 1. The predicted octanol–water partition coefficient (Wildman–Crippen LogP) is 3.89. The van der Waals surface area contributed by atoms with Crippen LogP contribution in [0, 0.1) is 3.57 Å². The number of carbonyl (C=O) groups is 2. The third-order valence-corrected chi connectivity index (χ3v) is 4.60. The molecule has 0 aliphatic carbocycles. The molecule has 0 aliphatic rings. The van der Waals surface area contributed by atoms with Gasteiger partial charge in [0.2, 0.25) is 0 Å². The molecule has 1 amide bonds. The molecule has 0 heterocycles. The molecule has 5 heteroatoms. The number of ether oxygens (including phenoxy) is 1. The molecule has 0 saturated heterocycles. The van der Waals surface area contributed by atoms with Gasteiger partial charge in [0, 0.05) is 10.1 Å². The fourth-order valence-corrected chi connectivity index (χ4v) is 2.96. The van der Waals surface area contributed by atoms with E-state index in [0.717, 1.165) is 9.13 Å². The van der Waals surface area contributed by atoms with Gasteiger partial charge in [-0.15, -0.1) is 0 Å². The van der Waals surface area contributed by atoms with Crippen molar-refractivity contribution in [2.75, 3.05) is 6.61 Å². The van der Waals surface area contributed by atoms with Crippen molar-refractivity contribution < 1.29 is 14.3 Å². The molecule has 4 nitrogen and oxygen atoms in total. The Balaban J connectivity index is 2.33. The van der Waals surface area contributed by atoms with Crippen molar-refractivity contribution >= 4 is 34.5 Å². The molecule has 0 radical (unpaired) electrons. The molecule has 0 saturated carbocycles. The lowest BCUT2D eigenvalue weighted by Crippen LogP contribution is -2.43. The summed E-state index contributed by atoms with van der Waals surface area (Å²) in [6.07, 6.45) is 0. The molecule has 2 aromatic carbocycles. The average Bonchev–Trinajstić information content (AvgIpc) is 2.60. The molecule has 2 aromatic rings. The van der Waals surface area contributed by atoms with Gasteiger partial charge in [0.25, 0.3) is 5.91 Å². The van der Waals surface area contributed by atoms with Gasteiger partial charge < -0.3 is 9.64 Å². The standard InChI is InChI=1S/C19H20INO3/c1-3-24-19(23)14(2)21(13-15-9-5-4-6-10-15)18(22)16-11-7-8-12-17(16)20/h4-12,14H,3,13H2,1-2H3. The minimum absolute atomic E-state index is 0.176. The van der Waals surface area contributed by atoms with Crippen LogP contribution in [0.15, 0.2) is 54.6 Å². The Morgan fingerprint density at radius 1 is 1.08 bits per heavy atom. The molecule has 24 heavy (non-hydrogen) atoms. The molecule has 0 spiro atoms. The highest BCUT2D eigenvalue weighted by Gasteiger charge is 2.28. The Hall–Kier alpha value is -1.89. The van der Waals surface area contributed by atoms with Crippen molar-refractivity contribution in [3.8, 4) is 0 Å². The maximum absolute atomic E-state index is 13.0. The fourth-order valence-electron chi connectivity index (χ4n) is 2.34. The third-order valence-electron chi connectivity index (χ3n) is 3.66. The van der Waals surface area contributed by atoms with Crippen molar-refractivity contribution in [3.63, 3.8) is 0 Å². The van der Waals surface area contributed by atoms with E-state index in [4.69, 9.17) is 4.74 Å². The third kappa shape index (κ3) is 4.56. The summed E-state index contributed by atoms with van der Waals surface area (Å²) in [4.78, 5) is 26.8. The van der Waals surface area contributed by atoms with Crippen LogP contribution in [0.4, 0.5) is 0 Å². The van der Waals surface area contributed by atoms with Gasteiger partial charge in [-0.25, -0.2) is 4.79 Å². The van der Waals surface area contributed by atoms with Gasteiger partial charge in [0.1, 0.15) is 6.04 Å². The summed E-state index contributed by atoms with van der Waals surface area (Å²) in [6, 6.07) is 16.3. The molecule has 1 atom stereocenters. The molecule has 126 valence electrons. The first kappa shape index (κ1) is 18.4. The Morgan fingerprint density at radius 2 is 1.71 bits per heavy atom. The van der Waals surface area contributed by atoms with E-state index in [0.29, 0.717) is 18.7 Å². The lowest BCUT2D eigenvalue weighted by molar-refractivity contribution is -0.148. The van der Waals surface area contributed by atoms with E-state index in [1.807, 2.05) is 48.5 Å². The minimum atomic E-state index is -0.659. The van der Waals surface area contributed by atoms with Crippen LogP contribution in [0.1, 0.15) is 29.8 Å². The number of hydrogen-bond donors (Lipinski definition) is 0. The van der Waals surface area contributed by atoms with E-state index in [1.54, 1.807) is 24.8 Å². The van der Waals surface area contributed by atoms with Crippen molar-refractivity contribution in [1.29, 1.82) is 0 Å². The highest BCUT2D eigenvalue weighted by molar-refractivity contribution is 14.1. The first-order valence-electron chi connectivity index (χ1n) is 7.80. The molecule has 2 rings (SSSR count). The van der Waals surface area contributed by atoms with Crippen LogP contribution in [0.25, 0.3) is 0 Å². The van der Waals surface area contributed by atoms with Gasteiger partial charge in [0.15, 0.2) is 0 Å². The van der Waals surface area contributed by atoms with E-state index in [2.05, 4.69) is 22.6 Å². The molecular formula is C19H20INO3. The normalized spacial score (nSPS) is 11.6. The van der Waals surface area contributed by atoms with Crippen LogP contribution in [-0.2, 0) is 16.1 Å². The van der Waals surface area contributed by atoms with Crippen LogP contribution in [-0.4, -0.2) is 29.4 Å². The number of nitrogens with zero attached hydrogens (tertiary/aromatic N) is 1. The van der Waals surface area contributed by atoms with Crippen molar-refractivity contribution in [3.05, 3.63) is 69.3 Å². The maximum Gasteiger partial charge on any atom is 0.328 e. The molecule has 0 fully saturated rings. The average molecular weight is 437 g/mol. The van der Waals surface area contributed by atoms with Gasteiger partial charge in [-0.1, -0.05) is 42.5 Å². The van der Waals surface area contributed by atoms with Crippen molar-refractivity contribution in [1.82, 2.24) is 4.90 Å². The predicted molar refractivity (Wildman–Crippen MR) is 102 cm³/mol. The van der Waals surface area contributed by atoms with Gasteiger partial charge >= 0.3 is 5.97 Å². The first-order valence-corrected chi connectivity index (χ1v) is 8.88. The van der Waals surface area contributed by atoms with Crippen LogP contribution >= 0.6 is 22.6 Å². The van der Waals surface area contributed by atoms with Crippen molar-refractivity contribution in [2.45, 2.75) is 26.4 Å². The number of carbonyl (C=O) groups excluding carboxylic acids is 2. The smallest absolute Gasteiger partial charge is 0.328 e. The zero-order valence-electron chi connectivity index (χ0n) is 13.7. The zero-order chi connectivity index (χ0) is 17.5. The number of rotatable bonds is 6. The maximum atomic E-state index is 13.0. The largest absolute Gasteiger partial charge is 0.464 e. The van der Waals surface area contributed by atoms with Crippen LogP contribution in [0.2, 0.25) is 0 Å². The van der Waals surface area contributed by atoms with E-state index < -0.39 is 12.0 Å². The zero-order valence-corrected chi connectivity index (χ0v) is 15.9. The number of amides is 1. The minimum Gasteiger partial charge on any atom is -0.464 e.